The van der Waals surface area contributed by atoms with Gasteiger partial charge in [-0.2, -0.15) is 0 Å². The predicted molar refractivity (Wildman–Crippen MR) is 54.4 cm³/mol. The molecule has 2 heterocycles. The number of nitrogens with one attached hydrogen (secondary N) is 1. The molecule has 3 heteroatoms. The fraction of sp³-hybridized carbons (Fsp3) is 1.00. The van der Waals surface area contributed by atoms with Gasteiger partial charge in [-0.25, -0.2) is 0 Å². The lowest BCUT2D eigenvalue weighted by Crippen LogP contribution is -2.54. The molecule has 0 aromatic rings. The highest BCUT2D eigenvalue weighted by molar-refractivity contribution is 4.88. The zero-order valence-electron chi connectivity index (χ0n) is 9.01. The third-order valence-corrected chi connectivity index (χ3v) is 3.24. The van der Waals surface area contributed by atoms with Crippen molar-refractivity contribution < 1.29 is 0 Å². The van der Waals surface area contributed by atoms with Crippen LogP contribution in [0.4, 0.5) is 0 Å². The molecule has 76 valence electrons. The molecule has 1 atom stereocenters. The zero-order valence-corrected chi connectivity index (χ0v) is 9.01. The fourth-order valence-electron chi connectivity index (χ4n) is 2.23. The Morgan fingerprint density at radius 1 is 1.31 bits per heavy atom. The third-order valence-electron chi connectivity index (χ3n) is 3.24. The van der Waals surface area contributed by atoms with E-state index in [-0.39, 0.29) is 0 Å². The Balaban J connectivity index is 1.97. The quantitative estimate of drug-likeness (QED) is 0.596. The van der Waals surface area contributed by atoms with Crippen LogP contribution in [-0.2, 0) is 0 Å². The first-order chi connectivity index (χ1) is 6.07. The maximum Gasteiger partial charge on any atom is 0.0526 e. The van der Waals surface area contributed by atoms with Gasteiger partial charge in [0.05, 0.1) is 6.67 Å². The van der Waals surface area contributed by atoms with E-state index < -0.39 is 0 Å². The first kappa shape index (κ1) is 9.44. The second kappa shape index (κ2) is 3.23. The zero-order chi connectivity index (χ0) is 9.47. The Labute approximate surface area is 81.1 Å². The van der Waals surface area contributed by atoms with Crippen molar-refractivity contribution in [3.63, 3.8) is 0 Å². The maximum atomic E-state index is 3.44. The van der Waals surface area contributed by atoms with Crippen LogP contribution < -0.4 is 5.32 Å². The number of hydrogen-bond donors (Lipinski definition) is 1. The fourth-order valence-corrected chi connectivity index (χ4v) is 2.23. The number of fused-ring (bicyclic) bond motifs is 1. The molecule has 1 unspecified atom stereocenters. The van der Waals surface area contributed by atoms with Crippen LogP contribution in [0.15, 0.2) is 0 Å². The van der Waals surface area contributed by atoms with Gasteiger partial charge in [0.2, 0.25) is 0 Å². The van der Waals surface area contributed by atoms with Crippen LogP contribution in [0.1, 0.15) is 27.2 Å². The molecule has 0 aromatic carbocycles. The van der Waals surface area contributed by atoms with Gasteiger partial charge in [0.15, 0.2) is 0 Å². The van der Waals surface area contributed by atoms with Crippen molar-refractivity contribution in [1.82, 2.24) is 15.1 Å². The van der Waals surface area contributed by atoms with E-state index in [2.05, 4.69) is 35.9 Å². The topological polar surface area (TPSA) is 18.5 Å². The van der Waals surface area contributed by atoms with Crippen LogP contribution in [0.2, 0.25) is 0 Å². The standard InChI is InChI=1S/C10H21N3/c1-10(2,3)13-5-4-9-6-11-7-12(9)8-13/h9,11H,4-8H2,1-3H3. The van der Waals surface area contributed by atoms with E-state index in [1.165, 1.54) is 19.5 Å². The van der Waals surface area contributed by atoms with E-state index in [9.17, 15) is 0 Å². The van der Waals surface area contributed by atoms with Crippen molar-refractivity contribution in [3.8, 4) is 0 Å². The molecule has 3 nitrogen and oxygen atoms in total. The molecule has 0 aromatic heterocycles. The minimum atomic E-state index is 0.327. The third kappa shape index (κ3) is 1.87. The highest BCUT2D eigenvalue weighted by Gasteiger charge is 2.34. The maximum absolute atomic E-state index is 3.44. The molecule has 0 amide bonds. The van der Waals surface area contributed by atoms with Crippen LogP contribution in [0.5, 0.6) is 0 Å². The lowest BCUT2D eigenvalue weighted by molar-refractivity contribution is 0.00883. The molecule has 2 fully saturated rings. The molecule has 0 radical (unpaired) electrons. The Morgan fingerprint density at radius 2 is 2.08 bits per heavy atom. The lowest BCUT2D eigenvalue weighted by atomic mass is 10.0. The molecular weight excluding hydrogens is 162 g/mol. The van der Waals surface area contributed by atoms with Crippen molar-refractivity contribution in [3.05, 3.63) is 0 Å². The van der Waals surface area contributed by atoms with Gasteiger partial charge in [-0.05, 0) is 27.2 Å². The summed E-state index contributed by atoms with van der Waals surface area (Å²) in [6.45, 7) is 11.6. The number of rotatable bonds is 0. The summed E-state index contributed by atoms with van der Waals surface area (Å²) >= 11 is 0. The highest BCUT2D eigenvalue weighted by Crippen LogP contribution is 2.22. The molecule has 2 aliphatic rings. The average Bonchev–Trinajstić information content (AvgIpc) is 2.47. The van der Waals surface area contributed by atoms with E-state index in [0.29, 0.717) is 5.54 Å². The van der Waals surface area contributed by atoms with Crippen molar-refractivity contribution in [2.75, 3.05) is 26.4 Å². The van der Waals surface area contributed by atoms with Gasteiger partial charge in [0.1, 0.15) is 0 Å². The molecule has 1 N–H and O–H groups in total. The van der Waals surface area contributed by atoms with Crippen molar-refractivity contribution in [2.24, 2.45) is 0 Å². The van der Waals surface area contributed by atoms with E-state index in [4.69, 9.17) is 0 Å². The lowest BCUT2D eigenvalue weighted by Gasteiger charge is -2.44. The van der Waals surface area contributed by atoms with Crippen molar-refractivity contribution >= 4 is 0 Å². The molecule has 2 saturated heterocycles. The summed E-state index contributed by atoms with van der Waals surface area (Å²) in [7, 11) is 0. The first-order valence-electron chi connectivity index (χ1n) is 5.27. The van der Waals surface area contributed by atoms with Crippen LogP contribution in [0, 0.1) is 0 Å². The SMILES string of the molecule is CC(C)(C)N1CCC2CNCN2C1. The molecule has 2 aliphatic heterocycles. The second-order valence-corrected chi connectivity index (χ2v) is 5.22. The number of hydrogen-bond acceptors (Lipinski definition) is 3. The van der Waals surface area contributed by atoms with Crippen LogP contribution in [-0.4, -0.2) is 47.8 Å². The summed E-state index contributed by atoms with van der Waals surface area (Å²) in [5, 5.41) is 3.44. The molecule has 0 aliphatic carbocycles. The minimum absolute atomic E-state index is 0.327. The normalized spacial score (nSPS) is 32.1. The Kier molecular flexibility index (Phi) is 2.34. The molecule has 0 saturated carbocycles. The van der Waals surface area contributed by atoms with Gasteiger partial charge < -0.3 is 5.32 Å². The summed E-state index contributed by atoms with van der Waals surface area (Å²) in [6, 6.07) is 0.804. The minimum Gasteiger partial charge on any atom is -0.303 e. The smallest absolute Gasteiger partial charge is 0.0526 e. The van der Waals surface area contributed by atoms with Gasteiger partial charge in [0, 0.05) is 31.3 Å². The molecule has 13 heavy (non-hydrogen) atoms. The summed E-state index contributed by atoms with van der Waals surface area (Å²) in [6.07, 6.45) is 1.32. The number of nitrogens with zero attached hydrogens (tertiary/aromatic N) is 2. The Hall–Kier alpha value is -0.120. The molecular formula is C10H21N3. The van der Waals surface area contributed by atoms with Gasteiger partial charge in [-0.1, -0.05) is 0 Å². The monoisotopic (exact) mass is 183 g/mol. The summed E-state index contributed by atoms with van der Waals surface area (Å²) in [4.78, 5) is 5.12. The molecule has 0 spiro atoms. The van der Waals surface area contributed by atoms with Gasteiger partial charge in [-0.15, -0.1) is 0 Å². The first-order valence-corrected chi connectivity index (χ1v) is 5.27. The largest absolute Gasteiger partial charge is 0.303 e. The van der Waals surface area contributed by atoms with Crippen LogP contribution >= 0.6 is 0 Å². The summed E-state index contributed by atoms with van der Waals surface area (Å²) in [5.74, 6) is 0. The van der Waals surface area contributed by atoms with Crippen molar-refractivity contribution in [1.29, 1.82) is 0 Å². The van der Waals surface area contributed by atoms with Gasteiger partial charge >= 0.3 is 0 Å². The van der Waals surface area contributed by atoms with E-state index in [1.54, 1.807) is 0 Å². The van der Waals surface area contributed by atoms with Crippen molar-refractivity contribution in [2.45, 2.75) is 38.8 Å². The second-order valence-electron chi connectivity index (χ2n) is 5.22. The van der Waals surface area contributed by atoms with Gasteiger partial charge in [-0.3, -0.25) is 9.80 Å². The summed E-state index contributed by atoms with van der Waals surface area (Å²) in [5.41, 5.74) is 0.327. The van der Waals surface area contributed by atoms with Crippen LogP contribution in [0.3, 0.4) is 0 Å². The van der Waals surface area contributed by atoms with E-state index in [0.717, 1.165) is 19.4 Å². The van der Waals surface area contributed by atoms with Crippen LogP contribution in [0.25, 0.3) is 0 Å². The highest BCUT2D eigenvalue weighted by atomic mass is 15.4. The average molecular weight is 183 g/mol. The van der Waals surface area contributed by atoms with E-state index >= 15 is 0 Å². The molecule has 2 rings (SSSR count). The molecule has 0 bridgehead atoms. The van der Waals surface area contributed by atoms with Gasteiger partial charge in [0.25, 0.3) is 0 Å². The Bertz CT molecular complexity index is 185. The predicted octanol–water partition coefficient (Wildman–Crippen LogP) is 0.679. The Morgan fingerprint density at radius 3 is 2.77 bits per heavy atom. The van der Waals surface area contributed by atoms with E-state index in [1.807, 2.05) is 0 Å². The summed E-state index contributed by atoms with van der Waals surface area (Å²) < 4.78 is 0.